The molecule has 28 nitrogen and oxygen atoms in total. The van der Waals surface area contributed by atoms with Gasteiger partial charge in [0.1, 0.15) is 49.1 Å². The number of nitrogens with one attached hydrogen (secondary N) is 2. The van der Waals surface area contributed by atoms with Crippen molar-refractivity contribution in [2.75, 3.05) is 117 Å². The summed E-state index contributed by atoms with van der Waals surface area (Å²) in [6, 6.07) is 17.7. The number of fused-ring (bicyclic) bond motifs is 2. The van der Waals surface area contributed by atoms with Crippen molar-refractivity contribution >= 4 is 104 Å². The number of nitrogen functional groups attached to an aromatic ring is 1. The summed E-state index contributed by atoms with van der Waals surface area (Å²) in [5.41, 5.74) is 7.16. The number of carbonyl (C=O) groups is 10. The van der Waals surface area contributed by atoms with Crippen LogP contribution in [0.15, 0.2) is 83.0 Å². The molecule has 0 spiro atoms. The number of hydrogen-bond donors (Lipinski definition) is 5. The molecule has 0 radical (unpaired) electrons. The Morgan fingerprint density at radius 3 is 1.63 bits per heavy atom. The lowest BCUT2D eigenvalue weighted by Crippen LogP contribution is -2.52. The van der Waals surface area contributed by atoms with E-state index in [1.165, 1.54) is 77.1 Å². The lowest BCUT2D eigenvalue weighted by atomic mass is 10.1. The van der Waals surface area contributed by atoms with E-state index in [0.717, 1.165) is 9.47 Å². The van der Waals surface area contributed by atoms with E-state index in [2.05, 4.69) is 20.9 Å². The Kier molecular flexibility index (Phi) is 18.6. The summed E-state index contributed by atoms with van der Waals surface area (Å²) in [4.78, 5) is 132. The maximum absolute atomic E-state index is 15.3. The molecule has 30 heteroatoms. The number of aromatic nitrogens is 1. The average molecular weight is 1230 g/mol. The molecule has 4 fully saturated rings. The number of imide groups is 1. The summed E-state index contributed by atoms with van der Waals surface area (Å²) in [6.45, 7) is 9.33. The number of ether oxygens (including phenoxy) is 3. The molecule has 6 N–H and O–H groups in total. The number of cyclic esters (lactones) is 2. The molecule has 0 saturated carbocycles. The van der Waals surface area contributed by atoms with Crippen LogP contribution in [0.2, 0.25) is 0 Å². The minimum Gasteiger partial charge on any atom is -0.494 e. The molecule has 0 aliphatic carbocycles. The van der Waals surface area contributed by atoms with Gasteiger partial charge in [-0.2, -0.15) is 10.2 Å². The third-order valence-corrected chi connectivity index (χ3v) is 14.9. The van der Waals surface area contributed by atoms with Crippen LogP contribution in [0.3, 0.4) is 0 Å². The van der Waals surface area contributed by atoms with E-state index in [4.69, 9.17) is 19.9 Å². The highest BCUT2D eigenvalue weighted by Crippen LogP contribution is 2.39. The molecule has 1 aromatic heterocycles. The number of halogens is 2. The fourth-order valence-electron chi connectivity index (χ4n) is 10.4. The lowest BCUT2D eigenvalue weighted by molar-refractivity contribution is -0.161. The van der Waals surface area contributed by atoms with Crippen LogP contribution in [-0.4, -0.2) is 198 Å². The maximum Gasteiger partial charge on any atom is 0.414 e. The summed E-state index contributed by atoms with van der Waals surface area (Å²) in [5, 5.41) is 35.0. The van der Waals surface area contributed by atoms with E-state index in [0.29, 0.717) is 54.6 Å². The number of hydrogen-bond acceptors (Lipinski definition) is 20. The largest absolute Gasteiger partial charge is 0.494 e. The van der Waals surface area contributed by atoms with Crippen LogP contribution in [0.5, 0.6) is 11.8 Å². The van der Waals surface area contributed by atoms with E-state index in [-0.39, 0.29) is 128 Å². The van der Waals surface area contributed by atoms with Crippen molar-refractivity contribution in [3.63, 3.8) is 0 Å². The number of nitrogens with two attached hydrogens (primary N) is 1. The number of carbonyl (C=O) groups excluding carboxylic acids is 10. The number of aromatic hydroxyl groups is 2. The number of amides is 8. The minimum atomic E-state index is -1.03. The fraction of sp³-hybridized carbons (Fsp3) is 0.390. The van der Waals surface area contributed by atoms with E-state index in [1.807, 2.05) is 0 Å². The predicted octanol–water partition coefficient (Wildman–Crippen LogP) is 3.81. The molecular formula is C59H65F2N13O15. The normalized spacial score (nSPS) is 17.6. The molecule has 8 amide bonds. The number of piperazine rings is 2. The van der Waals surface area contributed by atoms with E-state index >= 15 is 8.78 Å². The van der Waals surface area contributed by atoms with Crippen LogP contribution >= 0.6 is 0 Å². The molecular weight excluding hydrogens is 1170 g/mol. The number of azo groups is 1. The monoisotopic (exact) mass is 1230 g/mol. The Morgan fingerprint density at radius 2 is 1.13 bits per heavy atom. The first-order valence-corrected chi connectivity index (χ1v) is 28.3. The zero-order chi connectivity index (χ0) is 64.2. The Labute approximate surface area is 507 Å². The van der Waals surface area contributed by atoms with Gasteiger partial charge in [-0.05, 0) is 93.6 Å². The fourth-order valence-corrected chi connectivity index (χ4v) is 10.4. The van der Waals surface area contributed by atoms with Gasteiger partial charge in [-0.25, -0.2) is 23.2 Å². The van der Waals surface area contributed by atoms with Gasteiger partial charge >= 0.3 is 18.2 Å². The van der Waals surface area contributed by atoms with Gasteiger partial charge in [-0.1, -0.05) is 0 Å². The number of Topliss-reactive ketones (excluding diaryl/α,β-unsaturated/α-hetero) is 1. The summed E-state index contributed by atoms with van der Waals surface area (Å²) in [5.74, 6) is -6.04. The van der Waals surface area contributed by atoms with Crippen molar-refractivity contribution in [3.8, 4) is 11.8 Å². The number of anilines is 5. The molecule has 10 rings (SSSR count). The van der Waals surface area contributed by atoms with Crippen LogP contribution in [0.1, 0.15) is 55.3 Å². The van der Waals surface area contributed by atoms with Gasteiger partial charge in [0.15, 0.2) is 0 Å². The van der Waals surface area contributed by atoms with Gasteiger partial charge in [0, 0.05) is 82.7 Å². The van der Waals surface area contributed by atoms with Gasteiger partial charge in [-0.3, -0.25) is 52.8 Å². The van der Waals surface area contributed by atoms with Crippen LogP contribution in [-0.2, 0) is 49.5 Å². The highest BCUT2D eigenvalue weighted by Gasteiger charge is 2.39. The standard InChI is InChI=1S/C33H38FN7O9.C26H27FN6O6/c1-19(42)35-15-22-17-40(32(48)49-22)21-6-8-26(25(34)14-21)38-9-11-39(12-10-38)28(44)18-41-29(45)23-7-5-20(13-24(23)30(41)46)37-36-16-27(43)31(47)50-33(2,3)4;1-15(34)29-12-18-13-32(26(38)39-18)17-3-5-22(21(27)11-17)30-6-8-31(9-7-30)23(35)14-33-24(36)19-4-2-16(28)10-20(19)25(33)37/h5-8,13-14,22,45-46H,9-12,15-18H2,1-4H3,(H,35,42);2-5,10-11,18H,6-9,12-14,28H2,1H3,(H,29,34)/t22-;18-/m00/s1. The van der Waals surface area contributed by atoms with Crippen molar-refractivity contribution < 1.29 is 81.1 Å². The number of ketones is 1. The average Bonchev–Trinajstić information content (AvgIpc) is 1.80. The molecule has 4 aromatic carbocycles. The summed E-state index contributed by atoms with van der Waals surface area (Å²) >= 11 is 0. The first-order valence-electron chi connectivity index (χ1n) is 28.3. The van der Waals surface area contributed by atoms with Crippen molar-refractivity contribution in [2.45, 2.75) is 59.0 Å². The molecule has 470 valence electrons. The molecule has 5 aliphatic rings. The van der Waals surface area contributed by atoms with Crippen LogP contribution < -0.4 is 36.0 Å². The quantitative estimate of drug-likeness (QED) is 0.0234. The van der Waals surface area contributed by atoms with Crippen LogP contribution in [0.25, 0.3) is 10.8 Å². The Morgan fingerprint density at radius 1 is 0.640 bits per heavy atom. The van der Waals surface area contributed by atoms with Gasteiger partial charge in [0.05, 0.1) is 65.7 Å². The maximum atomic E-state index is 15.3. The minimum absolute atomic E-state index is 0.152. The zero-order valence-electron chi connectivity index (χ0n) is 49.2. The summed E-state index contributed by atoms with van der Waals surface area (Å²) in [7, 11) is 0. The Balaban J connectivity index is 0.000000218. The summed E-state index contributed by atoms with van der Waals surface area (Å²) in [6.07, 6.45) is -2.35. The number of esters is 1. The molecule has 2 atom stereocenters. The number of rotatable bonds is 16. The molecule has 0 unspecified atom stereocenters. The second kappa shape index (κ2) is 26.3. The van der Waals surface area contributed by atoms with Gasteiger partial charge in [0.25, 0.3) is 17.6 Å². The van der Waals surface area contributed by atoms with Crippen molar-refractivity contribution in [2.24, 2.45) is 10.2 Å². The predicted molar refractivity (Wildman–Crippen MR) is 315 cm³/mol. The Bertz CT molecular complexity index is 3710. The zero-order valence-corrected chi connectivity index (χ0v) is 49.2. The van der Waals surface area contributed by atoms with Gasteiger partial charge < -0.3 is 60.4 Å². The molecule has 5 aliphatic heterocycles. The van der Waals surface area contributed by atoms with Gasteiger partial charge in [0.2, 0.25) is 35.4 Å². The molecule has 6 heterocycles. The summed E-state index contributed by atoms with van der Waals surface area (Å²) < 4.78 is 46.9. The van der Waals surface area contributed by atoms with Crippen molar-refractivity contribution in [3.05, 3.63) is 95.6 Å². The van der Waals surface area contributed by atoms with E-state index in [1.54, 1.807) is 59.7 Å². The third-order valence-electron chi connectivity index (χ3n) is 14.9. The SMILES string of the molecule is CC(=O)NC[C@H]1CN(c2ccc(N3CCN(C(=O)CN4C(=O)c5ccc(N)cc5C4=O)CC3)c(F)c2)C(=O)O1.CC(=O)NC[C@H]1CN(c2ccc(N3CCN(C(=O)Cn4c(O)c5ccc(N=NCC(=O)C(=O)OC(C)(C)C)cc5c4O)CC3)c(F)c2)C(=O)O1. The molecule has 89 heavy (non-hydrogen) atoms. The number of benzene rings is 4. The lowest BCUT2D eigenvalue weighted by Gasteiger charge is -2.36. The second-order valence-corrected chi connectivity index (χ2v) is 22.4. The molecule has 4 saturated heterocycles. The topological polar surface area (TPSA) is 341 Å². The number of nitrogens with zero attached hydrogens (tertiary/aromatic N) is 10. The van der Waals surface area contributed by atoms with E-state index in [9.17, 15) is 58.2 Å². The van der Waals surface area contributed by atoms with Crippen LogP contribution in [0.4, 0.5) is 52.5 Å². The van der Waals surface area contributed by atoms with Gasteiger partial charge in [-0.15, -0.1) is 0 Å². The highest BCUT2D eigenvalue weighted by molar-refractivity contribution is 6.34. The second-order valence-electron chi connectivity index (χ2n) is 22.4. The first-order chi connectivity index (χ1) is 42.2. The third kappa shape index (κ3) is 14.5. The van der Waals surface area contributed by atoms with Crippen LogP contribution in [0, 0.1) is 11.6 Å². The first kappa shape index (κ1) is 63.1. The molecule has 0 bridgehead atoms. The Hall–Kier alpha value is -10.4. The smallest absolute Gasteiger partial charge is 0.414 e. The van der Waals surface area contributed by atoms with Crippen molar-refractivity contribution in [1.82, 2.24) is 29.9 Å². The van der Waals surface area contributed by atoms with E-state index < -0.39 is 71.7 Å². The highest BCUT2D eigenvalue weighted by atomic mass is 19.1. The van der Waals surface area contributed by atoms with Crippen molar-refractivity contribution in [1.29, 1.82) is 0 Å². The molecule has 5 aromatic rings.